The lowest BCUT2D eigenvalue weighted by Crippen LogP contribution is -1.97. The molecule has 0 saturated heterocycles. The van der Waals surface area contributed by atoms with Gasteiger partial charge in [-0.15, -0.1) is 0 Å². The van der Waals surface area contributed by atoms with E-state index in [1.54, 1.807) is 11.8 Å². The SMILES string of the molecule is CSCCC(=O)c1cc2ccccc2o1. The summed E-state index contributed by atoms with van der Waals surface area (Å²) in [5.74, 6) is 1.40. The lowest BCUT2D eigenvalue weighted by atomic mass is 10.2. The maximum absolute atomic E-state index is 11.7. The van der Waals surface area contributed by atoms with Crippen molar-refractivity contribution in [3.05, 3.63) is 36.1 Å². The van der Waals surface area contributed by atoms with Gasteiger partial charge in [-0.05, 0) is 18.4 Å². The van der Waals surface area contributed by atoms with E-state index in [0.29, 0.717) is 12.2 Å². The molecule has 2 rings (SSSR count). The molecule has 1 aromatic carbocycles. The van der Waals surface area contributed by atoms with Gasteiger partial charge in [-0.25, -0.2) is 0 Å². The maximum atomic E-state index is 11.7. The molecule has 0 fully saturated rings. The summed E-state index contributed by atoms with van der Waals surface area (Å²) in [6, 6.07) is 9.48. The predicted molar refractivity (Wildman–Crippen MR) is 63.5 cm³/mol. The van der Waals surface area contributed by atoms with Crippen LogP contribution in [0.5, 0.6) is 0 Å². The molecule has 0 spiro atoms. The number of carbonyl (C=O) groups is 1. The van der Waals surface area contributed by atoms with Gasteiger partial charge in [0.1, 0.15) is 5.58 Å². The molecule has 2 nitrogen and oxygen atoms in total. The van der Waals surface area contributed by atoms with Crippen molar-refractivity contribution < 1.29 is 9.21 Å². The average molecular weight is 220 g/mol. The number of hydrogen-bond acceptors (Lipinski definition) is 3. The van der Waals surface area contributed by atoms with E-state index in [-0.39, 0.29) is 5.78 Å². The Morgan fingerprint density at radius 2 is 2.20 bits per heavy atom. The van der Waals surface area contributed by atoms with E-state index in [4.69, 9.17) is 4.42 Å². The van der Waals surface area contributed by atoms with Gasteiger partial charge in [0, 0.05) is 17.6 Å². The molecule has 78 valence electrons. The quantitative estimate of drug-likeness (QED) is 0.740. The minimum Gasteiger partial charge on any atom is -0.453 e. The molecule has 3 heteroatoms. The van der Waals surface area contributed by atoms with Crippen molar-refractivity contribution in [3.63, 3.8) is 0 Å². The van der Waals surface area contributed by atoms with Crippen LogP contribution >= 0.6 is 11.8 Å². The van der Waals surface area contributed by atoms with Gasteiger partial charge in [-0.2, -0.15) is 11.8 Å². The Hall–Kier alpha value is -1.22. The number of ketones is 1. The number of para-hydroxylation sites is 1. The highest BCUT2D eigenvalue weighted by Gasteiger charge is 2.10. The summed E-state index contributed by atoms with van der Waals surface area (Å²) in [5.41, 5.74) is 0.782. The molecule has 0 aliphatic heterocycles. The van der Waals surface area contributed by atoms with Crippen molar-refractivity contribution >= 4 is 28.5 Å². The van der Waals surface area contributed by atoms with Crippen LogP contribution in [0.1, 0.15) is 17.0 Å². The zero-order chi connectivity index (χ0) is 10.7. The zero-order valence-electron chi connectivity index (χ0n) is 8.53. The van der Waals surface area contributed by atoms with E-state index in [9.17, 15) is 4.79 Å². The first kappa shape index (κ1) is 10.3. The highest BCUT2D eigenvalue weighted by atomic mass is 32.2. The van der Waals surface area contributed by atoms with Gasteiger partial charge < -0.3 is 4.42 Å². The van der Waals surface area contributed by atoms with Gasteiger partial charge in [0.15, 0.2) is 11.5 Å². The smallest absolute Gasteiger partial charge is 0.198 e. The molecule has 0 saturated carbocycles. The second kappa shape index (κ2) is 4.53. The highest BCUT2D eigenvalue weighted by molar-refractivity contribution is 7.98. The first-order valence-corrected chi connectivity index (χ1v) is 6.21. The number of fused-ring (bicyclic) bond motifs is 1. The average Bonchev–Trinajstić information content (AvgIpc) is 2.69. The number of thioether (sulfide) groups is 1. The molecular weight excluding hydrogens is 208 g/mol. The van der Waals surface area contributed by atoms with Crippen LogP contribution < -0.4 is 0 Å². The zero-order valence-corrected chi connectivity index (χ0v) is 9.34. The van der Waals surface area contributed by atoms with Gasteiger partial charge in [-0.3, -0.25) is 4.79 Å². The van der Waals surface area contributed by atoms with Crippen molar-refractivity contribution in [2.24, 2.45) is 0 Å². The molecule has 1 aromatic heterocycles. The van der Waals surface area contributed by atoms with Crippen LogP contribution in [0.25, 0.3) is 11.0 Å². The summed E-state index contributed by atoms with van der Waals surface area (Å²) in [7, 11) is 0. The first-order valence-electron chi connectivity index (χ1n) is 4.82. The number of carbonyl (C=O) groups excluding carboxylic acids is 1. The molecule has 0 atom stereocenters. The van der Waals surface area contributed by atoms with E-state index >= 15 is 0 Å². The van der Waals surface area contributed by atoms with Crippen LogP contribution in [0.15, 0.2) is 34.7 Å². The summed E-state index contributed by atoms with van der Waals surface area (Å²) >= 11 is 1.67. The molecule has 0 amide bonds. The van der Waals surface area contributed by atoms with Crippen molar-refractivity contribution in [2.75, 3.05) is 12.0 Å². The highest BCUT2D eigenvalue weighted by Crippen LogP contribution is 2.20. The number of furan rings is 1. The molecule has 15 heavy (non-hydrogen) atoms. The van der Waals surface area contributed by atoms with E-state index in [1.165, 1.54) is 0 Å². The van der Waals surface area contributed by atoms with E-state index in [1.807, 2.05) is 36.6 Å². The van der Waals surface area contributed by atoms with Crippen LogP contribution in [-0.2, 0) is 0 Å². The summed E-state index contributed by atoms with van der Waals surface area (Å²) in [5, 5.41) is 0.991. The number of hydrogen-bond donors (Lipinski definition) is 0. The van der Waals surface area contributed by atoms with E-state index < -0.39 is 0 Å². The second-order valence-corrected chi connectivity index (χ2v) is 4.30. The predicted octanol–water partition coefficient (Wildman–Crippen LogP) is 3.37. The molecule has 0 bridgehead atoms. The molecule has 0 aliphatic carbocycles. The van der Waals surface area contributed by atoms with Gasteiger partial charge in [-0.1, -0.05) is 18.2 Å². The van der Waals surface area contributed by atoms with Crippen molar-refractivity contribution in [2.45, 2.75) is 6.42 Å². The Labute approximate surface area is 92.7 Å². The van der Waals surface area contributed by atoms with Crippen molar-refractivity contribution in [3.8, 4) is 0 Å². The van der Waals surface area contributed by atoms with Crippen molar-refractivity contribution in [1.29, 1.82) is 0 Å². The van der Waals surface area contributed by atoms with Crippen LogP contribution in [0.3, 0.4) is 0 Å². The molecular formula is C12H12O2S. The first-order chi connectivity index (χ1) is 7.31. The van der Waals surface area contributed by atoms with Crippen LogP contribution in [-0.4, -0.2) is 17.8 Å². The van der Waals surface area contributed by atoms with E-state index in [0.717, 1.165) is 16.7 Å². The fourth-order valence-corrected chi connectivity index (χ4v) is 1.83. The van der Waals surface area contributed by atoms with Crippen LogP contribution in [0, 0.1) is 0 Å². The minimum absolute atomic E-state index is 0.0838. The summed E-state index contributed by atoms with van der Waals surface area (Å²) < 4.78 is 5.47. The Kier molecular flexibility index (Phi) is 3.11. The topological polar surface area (TPSA) is 30.2 Å². The maximum Gasteiger partial charge on any atom is 0.198 e. The van der Waals surface area contributed by atoms with Gasteiger partial charge in [0.2, 0.25) is 0 Å². The third kappa shape index (κ3) is 2.23. The number of benzene rings is 1. The fraction of sp³-hybridized carbons (Fsp3) is 0.250. The molecule has 0 unspecified atom stereocenters. The Balaban J connectivity index is 2.25. The minimum atomic E-state index is 0.0838. The summed E-state index contributed by atoms with van der Waals surface area (Å²) in [6.07, 6.45) is 2.53. The van der Waals surface area contributed by atoms with Crippen LogP contribution in [0.2, 0.25) is 0 Å². The summed E-state index contributed by atoms with van der Waals surface area (Å²) in [4.78, 5) is 11.7. The summed E-state index contributed by atoms with van der Waals surface area (Å²) in [6.45, 7) is 0. The fourth-order valence-electron chi connectivity index (χ4n) is 1.44. The Morgan fingerprint density at radius 3 is 2.93 bits per heavy atom. The van der Waals surface area contributed by atoms with Gasteiger partial charge in [0.25, 0.3) is 0 Å². The van der Waals surface area contributed by atoms with E-state index in [2.05, 4.69) is 0 Å². The van der Waals surface area contributed by atoms with Gasteiger partial charge in [0.05, 0.1) is 0 Å². The molecule has 0 aliphatic rings. The molecule has 0 radical (unpaired) electrons. The normalized spacial score (nSPS) is 10.7. The lowest BCUT2D eigenvalue weighted by Gasteiger charge is -1.93. The Bertz CT molecular complexity index is 440. The molecule has 1 heterocycles. The molecule has 2 aromatic rings. The monoisotopic (exact) mass is 220 g/mol. The standard InChI is InChI=1S/C12H12O2S/c1-15-7-6-10(13)12-8-9-4-2-3-5-11(9)14-12/h2-5,8H,6-7H2,1H3. The van der Waals surface area contributed by atoms with Crippen molar-refractivity contribution in [1.82, 2.24) is 0 Å². The number of Topliss-reactive ketones (excluding diaryl/α,β-unsaturated/α-hetero) is 1. The largest absolute Gasteiger partial charge is 0.453 e. The number of rotatable bonds is 4. The lowest BCUT2D eigenvalue weighted by molar-refractivity contribution is 0.0965. The third-order valence-electron chi connectivity index (χ3n) is 2.23. The Morgan fingerprint density at radius 1 is 1.40 bits per heavy atom. The van der Waals surface area contributed by atoms with Gasteiger partial charge >= 0.3 is 0 Å². The molecule has 0 N–H and O–H groups in total. The van der Waals surface area contributed by atoms with Crippen LogP contribution in [0.4, 0.5) is 0 Å². The second-order valence-electron chi connectivity index (χ2n) is 3.31. The third-order valence-corrected chi connectivity index (χ3v) is 2.85.